The Morgan fingerprint density at radius 2 is 2.08 bits per heavy atom. The van der Waals surface area contributed by atoms with Crippen molar-refractivity contribution in [2.45, 2.75) is 40.8 Å². The predicted octanol–water partition coefficient (Wildman–Crippen LogP) is 2.94. The smallest absolute Gasteiger partial charge is 0.326 e. The van der Waals surface area contributed by atoms with Crippen LogP contribution in [0.2, 0.25) is 0 Å². The lowest BCUT2D eigenvalue weighted by molar-refractivity contribution is 0.0785. The Labute approximate surface area is 151 Å². The van der Waals surface area contributed by atoms with Gasteiger partial charge in [0.2, 0.25) is 0 Å². The number of benzene rings is 1. The quantitative estimate of drug-likeness (QED) is 0.779. The molecule has 0 atom stereocenters. The molecule has 3 aromatic rings. The van der Waals surface area contributed by atoms with Crippen LogP contribution in [0.3, 0.4) is 0 Å². The standard InChI is InChI=1S/C19H24N4O3/c1-12-20-13(10-26-12)9-22(5)17(24)14-7-6-8-15-16(14)21-18(25)23(15)11-19(2,3)4/h6-8,10H,9,11H2,1-5H3,(H,21,25). The molecule has 2 heterocycles. The third-order valence-electron chi connectivity index (χ3n) is 4.09. The number of aryl methyl sites for hydroxylation is 1. The minimum atomic E-state index is -0.204. The highest BCUT2D eigenvalue weighted by Gasteiger charge is 2.21. The summed E-state index contributed by atoms with van der Waals surface area (Å²) < 4.78 is 6.87. The minimum absolute atomic E-state index is 0.0550. The highest BCUT2D eigenvalue weighted by atomic mass is 16.3. The molecule has 7 nitrogen and oxygen atoms in total. The first kappa shape index (κ1) is 18.0. The Balaban J connectivity index is 1.96. The Morgan fingerprint density at radius 3 is 2.69 bits per heavy atom. The number of hydrogen-bond donors (Lipinski definition) is 1. The molecule has 0 spiro atoms. The van der Waals surface area contributed by atoms with Gasteiger partial charge in [0.05, 0.1) is 28.8 Å². The fourth-order valence-electron chi connectivity index (χ4n) is 2.99. The Kier molecular flexibility index (Phi) is 4.48. The van der Waals surface area contributed by atoms with Crippen LogP contribution in [0.15, 0.2) is 33.7 Å². The van der Waals surface area contributed by atoms with Gasteiger partial charge in [-0.1, -0.05) is 26.8 Å². The zero-order chi connectivity index (χ0) is 19.1. The molecule has 0 saturated carbocycles. The van der Waals surface area contributed by atoms with E-state index in [1.807, 2.05) is 6.07 Å². The number of amides is 1. The first-order chi connectivity index (χ1) is 12.2. The van der Waals surface area contributed by atoms with Crippen LogP contribution in [0.1, 0.15) is 42.7 Å². The van der Waals surface area contributed by atoms with E-state index in [0.717, 1.165) is 5.52 Å². The lowest BCUT2D eigenvalue weighted by Crippen LogP contribution is -2.26. The zero-order valence-electron chi connectivity index (χ0n) is 15.8. The summed E-state index contributed by atoms with van der Waals surface area (Å²) in [5.74, 6) is 0.381. The summed E-state index contributed by atoms with van der Waals surface area (Å²) in [6.45, 7) is 8.87. The number of aromatic nitrogens is 3. The van der Waals surface area contributed by atoms with Crippen molar-refractivity contribution in [2.75, 3.05) is 7.05 Å². The van der Waals surface area contributed by atoms with Gasteiger partial charge in [0.1, 0.15) is 6.26 Å². The van der Waals surface area contributed by atoms with Crippen molar-refractivity contribution in [1.29, 1.82) is 0 Å². The van der Waals surface area contributed by atoms with Crippen molar-refractivity contribution in [3.05, 3.63) is 52.1 Å². The SMILES string of the molecule is Cc1nc(CN(C)C(=O)c2cccc3c2[nH]c(=O)n3CC(C)(C)C)co1. The summed E-state index contributed by atoms with van der Waals surface area (Å²) in [5, 5.41) is 0. The number of nitrogens with zero attached hydrogens (tertiary/aromatic N) is 3. The monoisotopic (exact) mass is 356 g/mol. The topological polar surface area (TPSA) is 84.1 Å². The maximum Gasteiger partial charge on any atom is 0.326 e. The van der Waals surface area contributed by atoms with Gasteiger partial charge in [-0.05, 0) is 17.5 Å². The maximum atomic E-state index is 12.9. The molecule has 0 radical (unpaired) electrons. The van der Waals surface area contributed by atoms with E-state index in [9.17, 15) is 9.59 Å². The number of H-pyrrole nitrogens is 1. The molecule has 26 heavy (non-hydrogen) atoms. The van der Waals surface area contributed by atoms with Crippen LogP contribution in [0.25, 0.3) is 11.0 Å². The molecule has 2 aromatic heterocycles. The summed E-state index contributed by atoms with van der Waals surface area (Å²) in [6, 6.07) is 5.39. The van der Waals surface area contributed by atoms with Crippen LogP contribution in [0, 0.1) is 12.3 Å². The van der Waals surface area contributed by atoms with E-state index in [-0.39, 0.29) is 17.0 Å². The number of fused-ring (bicyclic) bond motifs is 1. The highest BCUT2D eigenvalue weighted by Crippen LogP contribution is 2.22. The van der Waals surface area contributed by atoms with E-state index in [0.29, 0.717) is 35.8 Å². The molecule has 1 amide bonds. The second kappa shape index (κ2) is 6.48. The van der Waals surface area contributed by atoms with Gasteiger partial charge in [-0.3, -0.25) is 9.36 Å². The lowest BCUT2D eigenvalue weighted by atomic mass is 9.97. The van der Waals surface area contributed by atoms with Crippen LogP contribution >= 0.6 is 0 Å². The van der Waals surface area contributed by atoms with Gasteiger partial charge >= 0.3 is 5.69 Å². The maximum absolute atomic E-state index is 12.9. The van der Waals surface area contributed by atoms with Gasteiger partial charge < -0.3 is 14.3 Å². The van der Waals surface area contributed by atoms with Crippen molar-refractivity contribution in [3.8, 4) is 0 Å². The van der Waals surface area contributed by atoms with E-state index >= 15 is 0 Å². The fraction of sp³-hybridized carbons (Fsp3) is 0.421. The van der Waals surface area contributed by atoms with Crippen LogP contribution in [-0.4, -0.2) is 32.4 Å². The second-order valence-corrected chi connectivity index (χ2v) is 7.80. The van der Waals surface area contributed by atoms with Crippen LogP contribution in [0.5, 0.6) is 0 Å². The highest BCUT2D eigenvalue weighted by molar-refractivity contribution is 6.04. The van der Waals surface area contributed by atoms with E-state index in [2.05, 4.69) is 30.7 Å². The number of imidazole rings is 1. The van der Waals surface area contributed by atoms with Gasteiger partial charge in [0.25, 0.3) is 5.91 Å². The van der Waals surface area contributed by atoms with E-state index in [4.69, 9.17) is 4.42 Å². The summed E-state index contributed by atoms with van der Waals surface area (Å²) in [4.78, 5) is 34.0. The second-order valence-electron chi connectivity index (χ2n) is 7.80. The van der Waals surface area contributed by atoms with Gasteiger partial charge in [-0.15, -0.1) is 0 Å². The zero-order valence-corrected chi connectivity index (χ0v) is 15.8. The number of hydrogen-bond acceptors (Lipinski definition) is 4. The summed E-state index contributed by atoms with van der Waals surface area (Å²) in [5.41, 5.74) is 2.20. The number of para-hydroxylation sites is 1. The molecular formula is C19H24N4O3. The molecule has 0 unspecified atom stereocenters. The third-order valence-corrected chi connectivity index (χ3v) is 4.09. The van der Waals surface area contributed by atoms with Gasteiger partial charge in [0, 0.05) is 20.5 Å². The normalized spacial score (nSPS) is 11.9. The molecule has 1 N–H and O–H groups in total. The number of oxazole rings is 1. The Bertz CT molecular complexity index is 1000. The lowest BCUT2D eigenvalue weighted by Gasteiger charge is -2.19. The van der Waals surface area contributed by atoms with Crippen LogP contribution < -0.4 is 5.69 Å². The fourth-order valence-corrected chi connectivity index (χ4v) is 2.99. The number of carbonyl (C=O) groups excluding carboxylic acids is 1. The number of nitrogens with one attached hydrogen (secondary N) is 1. The Hall–Kier alpha value is -2.83. The Morgan fingerprint density at radius 1 is 1.35 bits per heavy atom. The predicted molar refractivity (Wildman–Crippen MR) is 99.1 cm³/mol. The van der Waals surface area contributed by atoms with Crippen molar-refractivity contribution < 1.29 is 9.21 Å². The first-order valence-corrected chi connectivity index (χ1v) is 8.54. The van der Waals surface area contributed by atoms with E-state index < -0.39 is 0 Å². The molecule has 1 aromatic carbocycles. The molecule has 138 valence electrons. The number of rotatable bonds is 4. The largest absolute Gasteiger partial charge is 0.449 e. The van der Waals surface area contributed by atoms with Crippen LogP contribution in [0.4, 0.5) is 0 Å². The van der Waals surface area contributed by atoms with Gasteiger partial charge in [-0.25, -0.2) is 9.78 Å². The molecule has 0 saturated heterocycles. The molecule has 0 aliphatic rings. The molecule has 0 aliphatic heterocycles. The van der Waals surface area contributed by atoms with Crippen molar-refractivity contribution in [2.24, 2.45) is 5.41 Å². The number of carbonyl (C=O) groups is 1. The van der Waals surface area contributed by atoms with Crippen molar-refractivity contribution in [3.63, 3.8) is 0 Å². The van der Waals surface area contributed by atoms with Gasteiger partial charge in [0.15, 0.2) is 5.89 Å². The molecule has 7 heteroatoms. The van der Waals surface area contributed by atoms with Gasteiger partial charge in [-0.2, -0.15) is 0 Å². The third kappa shape index (κ3) is 3.56. The molecule has 3 rings (SSSR count). The van der Waals surface area contributed by atoms with Crippen LogP contribution in [-0.2, 0) is 13.1 Å². The van der Waals surface area contributed by atoms with E-state index in [1.165, 1.54) is 0 Å². The number of aromatic amines is 1. The summed E-state index contributed by atoms with van der Waals surface area (Å²) in [7, 11) is 1.70. The molecule has 0 aliphatic carbocycles. The first-order valence-electron chi connectivity index (χ1n) is 8.54. The van der Waals surface area contributed by atoms with Crippen molar-refractivity contribution >= 4 is 16.9 Å². The molecule has 0 bridgehead atoms. The average Bonchev–Trinajstić information content (AvgIpc) is 3.09. The average molecular weight is 356 g/mol. The summed E-state index contributed by atoms with van der Waals surface area (Å²) >= 11 is 0. The summed E-state index contributed by atoms with van der Waals surface area (Å²) in [6.07, 6.45) is 1.54. The minimum Gasteiger partial charge on any atom is -0.449 e. The molecular weight excluding hydrogens is 332 g/mol. The van der Waals surface area contributed by atoms with E-state index in [1.54, 1.807) is 41.8 Å². The molecule has 0 fully saturated rings. The van der Waals surface area contributed by atoms with Crippen molar-refractivity contribution in [1.82, 2.24) is 19.4 Å².